The number of ether oxygens (including phenoxy) is 1. The molecule has 0 radical (unpaired) electrons. The van der Waals surface area contributed by atoms with E-state index in [1.54, 1.807) is 45.0 Å². The van der Waals surface area contributed by atoms with Crippen LogP contribution in [-0.4, -0.2) is 24.3 Å². The molecule has 2 rings (SSSR count). The molecule has 0 aliphatic heterocycles. The van der Waals surface area contributed by atoms with Gasteiger partial charge in [-0.1, -0.05) is 57.2 Å². The van der Waals surface area contributed by atoms with E-state index in [1.165, 1.54) is 0 Å². The number of rotatable bonds is 6. The standard InChI is InChI=1S/C21H24N2O4/c1-21(2,3)20(26)23-17-11-7-10-16(12-17)19(25)22-13-18(24)27-14-15-8-5-4-6-9-15/h4-12H,13-14H2,1-3H3,(H,22,25)(H,23,26). The van der Waals surface area contributed by atoms with Gasteiger partial charge in [0.25, 0.3) is 5.91 Å². The van der Waals surface area contributed by atoms with E-state index >= 15 is 0 Å². The number of esters is 1. The molecule has 0 saturated carbocycles. The molecule has 2 N–H and O–H groups in total. The van der Waals surface area contributed by atoms with Crippen molar-refractivity contribution in [2.24, 2.45) is 5.41 Å². The van der Waals surface area contributed by atoms with Gasteiger partial charge in [0.2, 0.25) is 5.91 Å². The molecule has 0 unspecified atom stereocenters. The third-order valence-electron chi connectivity index (χ3n) is 3.70. The summed E-state index contributed by atoms with van der Waals surface area (Å²) in [6, 6.07) is 15.8. The number of nitrogens with one attached hydrogen (secondary N) is 2. The van der Waals surface area contributed by atoms with Gasteiger partial charge < -0.3 is 15.4 Å². The quantitative estimate of drug-likeness (QED) is 0.767. The summed E-state index contributed by atoms with van der Waals surface area (Å²) in [4.78, 5) is 36.1. The number of hydrogen-bond acceptors (Lipinski definition) is 4. The smallest absolute Gasteiger partial charge is 0.325 e. The molecule has 0 aliphatic carbocycles. The SMILES string of the molecule is CC(C)(C)C(=O)Nc1cccc(C(=O)NCC(=O)OCc2ccccc2)c1. The molecule has 6 nitrogen and oxygen atoms in total. The van der Waals surface area contributed by atoms with Crippen LogP contribution in [0.25, 0.3) is 0 Å². The molecular weight excluding hydrogens is 344 g/mol. The van der Waals surface area contributed by atoms with Gasteiger partial charge >= 0.3 is 5.97 Å². The first-order chi connectivity index (χ1) is 12.8. The first-order valence-corrected chi connectivity index (χ1v) is 8.65. The largest absolute Gasteiger partial charge is 0.460 e. The normalized spacial score (nSPS) is 10.8. The maximum absolute atomic E-state index is 12.2. The van der Waals surface area contributed by atoms with Crippen molar-refractivity contribution in [3.63, 3.8) is 0 Å². The molecule has 0 aromatic heterocycles. The zero-order chi connectivity index (χ0) is 19.9. The Morgan fingerprint density at radius 1 is 0.963 bits per heavy atom. The second-order valence-corrected chi connectivity index (χ2v) is 7.11. The van der Waals surface area contributed by atoms with Crippen molar-refractivity contribution in [2.45, 2.75) is 27.4 Å². The lowest BCUT2D eigenvalue weighted by Gasteiger charge is -2.18. The van der Waals surface area contributed by atoms with Gasteiger partial charge in [-0.05, 0) is 23.8 Å². The van der Waals surface area contributed by atoms with Crippen molar-refractivity contribution in [3.8, 4) is 0 Å². The molecule has 0 fully saturated rings. The average molecular weight is 368 g/mol. The molecule has 142 valence electrons. The topological polar surface area (TPSA) is 84.5 Å². The molecule has 0 saturated heterocycles. The maximum atomic E-state index is 12.2. The Morgan fingerprint density at radius 2 is 1.67 bits per heavy atom. The minimum atomic E-state index is -0.541. The Kier molecular flexibility index (Phi) is 6.71. The van der Waals surface area contributed by atoms with Crippen molar-refractivity contribution in [1.29, 1.82) is 0 Å². The minimum Gasteiger partial charge on any atom is -0.460 e. The fraction of sp³-hybridized carbons (Fsp3) is 0.286. The van der Waals surface area contributed by atoms with E-state index in [0.717, 1.165) is 5.56 Å². The van der Waals surface area contributed by atoms with Crippen LogP contribution in [0.1, 0.15) is 36.7 Å². The van der Waals surface area contributed by atoms with Crippen LogP contribution in [0, 0.1) is 5.41 Å². The summed E-state index contributed by atoms with van der Waals surface area (Å²) in [5.41, 5.74) is 1.20. The molecular formula is C21H24N2O4. The zero-order valence-electron chi connectivity index (χ0n) is 15.7. The second kappa shape index (κ2) is 8.98. The predicted octanol–water partition coefficient (Wildman–Crippen LogP) is 3.14. The van der Waals surface area contributed by atoms with Gasteiger partial charge in [0.1, 0.15) is 13.2 Å². The van der Waals surface area contributed by atoms with Gasteiger partial charge in [0.15, 0.2) is 0 Å². The van der Waals surface area contributed by atoms with E-state index in [-0.39, 0.29) is 19.1 Å². The van der Waals surface area contributed by atoms with Crippen molar-refractivity contribution in [2.75, 3.05) is 11.9 Å². The molecule has 2 amide bonds. The highest BCUT2D eigenvalue weighted by Crippen LogP contribution is 2.18. The Labute approximate surface area is 158 Å². The lowest BCUT2D eigenvalue weighted by Crippen LogP contribution is -2.31. The summed E-state index contributed by atoms with van der Waals surface area (Å²) < 4.78 is 5.12. The van der Waals surface area contributed by atoms with E-state index < -0.39 is 17.3 Å². The van der Waals surface area contributed by atoms with Gasteiger partial charge in [-0.15, -0.1) is 0 Å². The third-order valence-corrected chi connectivity index (χ3v) is 3.70. The van der Waals surface area contributed by atoms with Gasteiger partial charge in [-0.2, -0.15) is 0 Å². The number of benzene rings is 2. The highest BCUT2D eigenvalue weighted by molar-refractivity contribution is 5.99. The van der Waals surface area contributed by atoms with E-state index in [9.17, 15) is 14.4 Å². The van der Waals surface area contributed by atoms with E-state index in [1.807, 2.05) is 30.3 Å². The average Bonchev–Trinajstić information content (AvgIpc) is 2.64. The first-order valence-electron chi connectivity index (χ1n) is 8.65. The molecule has 2 aromatic rings. The van der Waals surface area contributed by atoms with Gasteiger partial charge in [0, 0.05) is 16.7 Å². The fourth-order valence-corrected chi connectivity index (χ4v) is 2.10. The van der Waals surface area contributed by atoms with Crippen molar-refractivity contribution in [1.82, 2.24) is 5.32 Å². The molecule has 0 atom stereocenters. The number of carbonyl (C=O) groups is 3. The van der Waals surface area contributed by atoms with Crippen LogP contribution in [0.4, 0.5) is 5.69 Å². The van der Waals surface area contributed by atoms with Crippen LogP contribution in [0.3, 0.4) is 0 Å². The van der Waals surface area contributed by atoms with Crippen LogP contribution in [-0.2, 0) is 20.9 Å². The number of carbonyl (C=O) groups excluding carboxylic acids is 3. The summed E-state index contributed by atoms with van der Waals surface area (Å²) in [6.45, 7) is 5.34. The summed E-state index contributed by atoms with van der Waals surface area (Å²) in [5.74, 6) is -1.09. The summed E-state index contributed by atoms with van der Waals surface area (Å²) >= 11 is 0. The number of hydrogen-bond donors (Lipinski definition) is 2. The van der Waals surface area contributed by atoms with Crippen LogP contribution < -0.4 is 10.6 Å². The van der Waals surface area contributed by atoms with Crippen LogP contribution >= 0.6 is 0 Å². The molecule has 27 heavy (non-hydrogen) atoms. The van der Waals surface area contributed by atoms with Gasteiger partial charge in [-0.25, -0.2) is 0 Å². The Balaban J connectivity index is 1.85. The van der Waals surface area contributed by atoms with Crippen LogP contribution in [0.5, 0.6) is 0 Å². The molecule has 0 heterocycles. The van der Waals surface area contributed by atoms with Crippen molar-refractivity contribution in [3.05, 3.63) is 65.7 Å². The molecule has 2 aromatic carbocycles. The Morgan fingerprint density at radius 3 is 2.33 bits per heavy atom. The van der Waals surface area contributed by atoms with Crippen molar-refractivity contribution >= 4 is 23.5 Å². The molecule has 0 aliphatic rings. The first kappa shape index (κ1) is 20.2. The molecule has 0 spiro atoms. The fourth-order valence-electron chi connectivity index (χ4n) is 2.10. The lowest BCUT2D eigenvalue weighted by atomic mass is 9.95. The van der Waals surface area contributed by atoms with Crippen molar-refractivity contribution < 1.29 is 19.1 Å². The van der Waals surface area contributed by atoms with E-state index in [4.69, 9.17) is 4.74 Å². The number of anilines is 1. The van der Waals surface area contributed by atoms with Gasteiger partial charge in [-0.3, -0.25) is 14.4 Å². The third kappa shape index (κ3) is 6.58. The summed E-state index contributed by atoms with van der Waals surface area (Å²) in [7, 11) is 0. The predicted molar refractivity (Wildman–Crippen MR) is 103 cm³/mol. The lowest BCUT2D eigenvalue weighted by molar-refractivity contribution is -0.143. The highest BCUT2D eigenvalue weighted by Gasteiger charge is 2.21. The molecule has 6 heteroatoms. The second-order valence-electron chi connectivity index (χ2n) is 7.11. The minimum absolute atomic E-state index is 0.149. The Bertz CT molecular complexity index is 810. The monoisotopic (exact) mass is 368 g/mol. The van der Waals surface area contributed by atoms with E-state index in [0.29, 0.717) is 11.3 Å². The summed E-state index contributed by atoms with van der Waals surface area (Å²) in [6.07, 6.45) is 0. The zero-order valence-corrected chi connectivity index (χ0v) is 15.7. The van der Waals surface area contributed by atoms with E-state index in [2.05, 4.69) is 10.6 Å². The van der Waals surface area contributed by atoms with Crippen LogP contribution in [0.2, 0.25) is 0 Å². The van der Waals surface area contributed by atoms with Crippen LogP contribution in [0.15, 0.2) is 54.6 Å². The highest BCUT2D eigenvalue weighted by atomic mass is 16.5. The molecule has 0 bridgehead atoms. The Hall–Kier alpha value is -3.15. The number of amides is 2. The summed E-state index contributed by atoms with van der Waals surface area (Å²) in [5, 5.41) is 5.29. The van der Waals surface area contributed by atoms with Gasteiger partial charge in [0.05, 0.1) is 0 Å². The maximum Gasteiger partial charge on any atom is 0.325 e.